The summed E-state index contributed by atoms with van der Waals surface area (Å²) in [6, 6.07) is 13.5. The smallest absolute Gasteiger partial charge is 0.118 e. The molecule has 0 atom stereocenters. The number of aromatic nitrogens is 2. The molecule has 0 radical (unpaired) electrons. The fraction of sp³-hybridized carbons (Fsp3) is 0.167. The summed E-state index contributed by atoms with van der Waals surface area (Å²) in [5.74, 6) is 1.80. The molecule has 23 heavy (non-hydrogen) atoms. The lowest BCUT2D eigenvalue weighted by Gasteiger charge is -2.03. The number of rotatable bonds is 5. The predicted molar refractivity (Wildman–Crippen MR) is 94.4 cm³/mol. The molecule has 1 aromatic heterocycles. The van der Waals surface area contributed by atoms with E-state index in [9.17, 15) is 0 Å². The lowest BCUT2D eigenvalue weighted by Crippen LogP contribution is -1.94. The number of hydrogen-bond acceptors (Lipinski definition) is 2. The van der Waals surface area contributed by atoms with Gasteiger partial charge in [0.25, 0.3) is 0 Å². The molecule has 5 heteroatoms. The Morgan fingerprint density at radius 3 is 2.52 bits per heavy atom. The lowest BCUT2D eigenvalue weighted by atomic mass is 10.1. The van der Waals surface area contributed by atoms with E-state index in [-0.39, 0.29) is 0 Å². The van der Waals surface area contributed by atoms with Gasteiger partial charge in [-0.05, 0) is 42.3 Å². The molecule has 1 heterocycles. The zero-order valence-electron chi connectivity index (χ0n) is 12.6. The Labute approximate surface area is 145 Å². The Morgan fingerprint density at radius 2 is 1.83 bits per heavy atom. The SMILES string of the molecule is COc1ccc(CCc2ncc(-c3ccc(Cl)cc3Cl)[nH]2)cc1. The number of methoxy groups -OCH3 is 1. The molecule has 0 bridgehead atoms. The summed E-state index contributed by atoms with van der Waals surface area (Å²) in [7, 11) is 1.67. The molecule has 2 aromatic carbocycles. The molecule has 3 rings (SSSR count). The van der Waals surface area contributed by atoms with Crippen LogP contribution in [0.25, 0.3) is 11.3 Å². The minimum Gasteiger partial charge on any atom is -0.497 e. The minimum atomic E-state index is 0.614. The number of halogens is 2. The van der Waals surface area contributed by atoms with Gasteiger partial charge in [-0.1, -0.05) is 35.3 Å². The van der Waals surface area contributed by atoms with Crippen LogP contribution < -0.4 is 4.74 Å². The number of nitrogens with zero attached hydrogens (tertiary/aromatic N) is 1. The van der Waals surface area contributed by atoms with E-state index in [0.29, 0.717) is 10.0 Å². The van der Waals surface area contributed by atoms with E-state index in [0.717, 1.165) is 35.7 Å². The normalized spacial score (nSPS) is 10.7. The molecule has 0 aliphatic carbocycles. The standard InChI is InChI=1S/C18H16Cl2N2O/c1-23-14-6-2-12(3-7-14)4-9-18-21-11-17(22-18)15-8-5-13(19)10-16(15)20/h2-3,5-8,10-11H,4,9H2,1H3,(H,21,22). The molecular weight excluding hydrogens is 331 g/mol. The molecular formula is C18H16Cl2N2O. The third kappa shape index (κ3) is 3.87. The second-order valence-corrected chi connectivity index (χ2v) is 6.06. The van der Waals surface area contributed by atoms with Crippen LogP contribution in [0, 0.1) is 0 Å². The van der Waals surface area contributed by atoms with Crippen LogP contribution in [0.15, 0.2) is 48.7 Å². The maximum atomic E-state index is 6.23. The van der Waals surface area contributed by atoms with Gasteiger partial charge in [0, 0.05) is 17.0 Å². The van der Waals surface area contributed by atoms with Gasteiger partial charge in [-0.15, -0.1) is 0 Å². The minimum absolute atomic E-state index is 0.614. The van der Waals surface area contributed by atoms with Crippen molar-refractivity contribution in [2.75, 3.05) is 7.11 Å². The van der Waals surface area contributed by atoms with Crippen molar-refractivity contribution in [3.05, 3.63) is 70.1 Å². The number of benzene rings is 2. The summed E-state index contributed by atoms with van der Waals surface area (Å²) in [6.45, 7) is 0. The molecule has 0 saturated carbocycles. The van der Waals surface area contributed by atoms with Crippen LogP contribution in [0.2, 0.25) is 10.0 Å². The highest BCUT2D eigenvalue weighted by Gasteiger charge is 2.08. The van der Waals surface area contributed by atoms with E-state index < -0.39 is 0 Å². The van der Waals surface area contributed by atoms with Crippen LogP contribution in [0.3, 0.4) is 0 Å². The van der Waals surface area contributed by atoms with Crippen LogP contribution in [0.1, 0.15) is 11.4 Å². The molecule has 0 spiro atoms. The van der Waals surface area contributed by atoms with E-state index in [1.54, 1.807) is 19.4 Å². The highest BCUT2D eigenvalue weighted by atomic mass is 35.5. The van der Waals surface area contributed by atoms with Gasteiger partial charge in [0.15, 0.2) is 0 Å². The molecule has 1 N–H and O–H groups in total. The van der Waals surface area contributed by atoms with Gasteiger partial charge in [-0.25, -0.2) is 4.98 Å². The van der Waals surface area contributed by atoms with E-state index >= 15 is 0 Å². The van der Waals surface area contributed by atoms with Crippen molar-refractivity contribution < 1.29 is 4.74 Å². The molecule has 3 aromatic rings. The number of nitrogens with one attached hydrogen (secondary N) is 1. The second-order valence-electron chi connectivity index (χ2n) is 5.22. The van der Waals surface area contributed by atoms with Gasteiger partial charge in [0.2, 0.25) is 0 Å². The summed E-state index contributed by atoms with van der Waals surface area (Å²) in [4.78, 5) is 7.75. The molecule has 118 valence electrons. The Kier molecular flexibility index (Phi) is 4.89. The van der Waals surface area contributed by atoms with Crippen molar-refractivity contribution in [1.29, 1.82) is 0 Å². The summed E-state index contributed by atoms with van der Waals surface area (Å²) in [5.41, 5.74) is 3.05. The summed E-state index contributed by atoms with van der Waals surface area (Å²) in [6.07, 6.45) is 3.54. The monoisotopic (exact) mass is 346 g/mol. The maximum Gasteiger partial charge on any atom is 0.118 e. The summed E-state index contributed by atoms with van der Waals surface area (Å²) >= 11 is 12.2. The molecule has 0 aliphatic heterocycles. The molecule has 0 amide bonds. The average Bonchev–Trinajstić information content (AvgIpc) is 3.02. The van der Waals surface area contributed by atoms with Gasteiger partial charge >= 0.3 is 0 Å². The Bertz CT molecular complexity index is 797. The Morgan fingerprint density at radius 1 is 1.04 bits per heavy atom. The topological polar surface area (TPSA) is 37.9 Å². The van der Waals surface area contributed by atoms with Crippen LogP contribution >= 0.6 is 23.2 Å². The number of ether oxygens (including phenoxy) is 1. The number of aryl methyl sites for hydroxylation is 2. The third-order valence-electron chi connectivity index (χ3n) is 3.66. The van der Waals surface area contributed by atoms with Gasteiger partial charge in [0.05, 0.1) is 24.0 Å². The molecule has 0 saturated heterocycles. The van der Waals surface area contributed by atoms with Gasteiger partial charge in [-0.2, -0.15) is 0 Å². The molecule has 0 unspecified atom stereocenters. The first-order chi connectivity index (χ1) is 11.2. The fourth-order valence-corrected chi connectivity index (χ4v) is 2.90. The molecule has 0 aliphatic rings. The highest BCUT2D eigenvalue weighted by Crippen LogP contribution is 2.29. The lowest BCUT2D eigenvalue weighted by molar-refractivity contribution is 0.414. The van der Waals surface area contributed by atoms with E-state index in [2.05, 4.69) is 22.1 Å². The largest absolute Gasteiger partial charge is 0.497 e. The van der Waals surface area contributed by atoms with Crippen LogP contribution in [0.4, 0.5) is 0 Å². The second kappa shape index (κ2) is 7.07. The van der Waals surface area contributed by atoms with Gasteiger partial charge in [0.1, 0.15) is 11.6 Å². The van der Waals surface area contributed by atoms with E-state index in [1.807, 2.05) is 24.3 Å². The first-order valence-corrected chi connectivity index (χ1v) is 8.03. The van der Waals surface area contributed by atoms with Crippen molar-refractivity contribution >= 4 is 23.2 Å². The van der Waals surface area contributed by atoms with E-state index in [1.165, 1.54) is 5.56 Å². The van der Waals surface area contributed by atoms with Crippen molar-refractivity contribution in [3.63, 3.8) is 0 Å². The Balaban J connectivity index is 1.69. The van der Waals surface area contributed by atoms with Crippen molar-refractivity contribution in [3.8, 4) is 17.0 Å². The molecule has 0 fully saturated rings. The first kappa shape index (κ1) is 15.9. The Hall–Kier alpha value is -1.97. The highest BCUT2D eigenvalue weighted by molar-refractivity contribution is 6.36. The summed E-state index contributed by atoms with van der Waals surface area (Å²) < 4.78 is 5.16. The van der Waals surface area contributed by atoms with Crippen molar-refractivity contribution in [2.45, 2.75) is 12.8 Å². The van der Waals surface area contributed by atoms with Gasteiger partial charge in [-0.3, -0.25) is 0 Å². The average molecular weight is 347 g/mol. The zero-order valence-corrected chi connectivity index (χ0v) is 14.2. The number of aromatic amines is 1. The van der Waals surface area contributed by atoms with E-state index in [4.69, 9.17) is 27.9 Å². The number of imidazole rings is 1. The maximum absolute atomic E-state index is 6.23. The first-order valence-electron chi connectivity index (χ1n) is 7.28. The van der Waals surface area contributed by atoms with Crippen LogP contribution in [-0.2, 0) is 12.8 Å². The third-order valence-corrected chi connectivity index (χ3v) is 4.21. The zero-order chi connectivity index (χ0) is 16.2. The number of H-pyrrole nitrogens is 1. The molecule has 3 nitrogen and oxygen atoms in total. The number of hydrogen-bond donors (Lipinski definition) is 1. The van der Waals surface area contributed by atoms with Crippen molar-refractivity contribution in [2.24, 2.45) is 0 Å². The van der Waals surface area contributed by atoms with Crippen LogP contribution in [0.5, 0.6) is 5.75 Å². The van der Waals surface area contributed by atoms with Crippen LogP contribution in [-0.4, -0.2) is 17.1 Å². The predicted octanol–water partition coefficient (Wildman–Crippen LogP) is 5.18. The van der Waals surface area contributed by atoms with Crippen molar-refractivity contribution in [1.82, 2.24) is 9.97 Å². The summed E-state index contributed by atoms with van der Waals surface area (Å²) in [5, 5.41) is 1.24. The fourth-order valence-electron chi connectivity index (χ4n) is 2.39. The van der Waals surface area contributed by atoms with Gasteiger partial charge < -0.3 is 9.72 Å². The quantitative estimate of drug-likeness (QED) is 0.691.